The molecule has 0 amide bonds. The topological polar surface area (TPSA) is 40.5 Å². The number of benzene rings is 1. The molecule has 1 aromatic rings. The Bertz CT molecular complexity index is 326. The van der Waals surface area contributed by atoms with Crippen molar-refractivity contribution in [3.8, 4) is 5.75 Å². The highest BCUT2D eigenvalue weighted by Gasteiger charge is 2.33. The Morgan fingerprint density at radius 1 is 1.29 bits per heavy atom. The third kappa shape index (κ3) is 2.17. The lowest BCUT2D eigenvalue weighted by Crippen LogP contribution is -2.16. The van der Waals surface area contributed by atoms with Crippen molar-refractivity contribution < 1.29 is 23.4 Å². The molecule has 0 aliphatic carbocycles. The Hall–Kier alpha value is -1.23. The highest BCUT2D eigenvalue weighted by Crippen LogP contribution is 2.34. The standard InChI is InChI=1S/C9H9F3O2/c10-8-5-6(14)1-2-7(8)9(11,12)3-4-13/h1-2,5,13-14H,3-4H2. The van der Waals surface area contributed by atoms with Crippen molar-refractivity contribution in [2.24, 2.45) is 0 Å². The number of rotatable bonds is 3. The largest absolute Gasteiger partial charge is 0.508 e. The molecule has 0 spiro atoms. The van der Waals surface area contributed by atoms with E-state index in [1.54, 1.807) is 0 Å². The predicted molar refractivity (Wildman–Crippen MR) is 43.7 cm³/mol. The first-order valence-electron chi connectivity index (χ1n) is 3.95. The second kappa shape index (κ2) is 3.88. The van der Waals surface area contributed by atoms with E-state index in [1.165, 1.54) is 0 Å². The molecule has 1 aromatic carbocycles. The minimum Gasteiger partial charge on any atom is -0.508 e. The van der Waals surface area contributed by atoms with Crippen molar-refractivity contribution in [2.45, 2.75) is 12.3 Å². The van der Waals surface area contributed by atoms with Crippen LogP contribution in [0.25, 0.3) is 0 Å². The molecule has 0 saturated carbocycles. The number of halogens is 3. The van der Waals surface area contributed by atoms with Crippen LogP contribution < -0.4 is 0 Å². The second-order valence-electron chi connectivity index (χ2n) is 2.84. The first-order chi connectivity index (χ1) is 6.47. The van der Waals surface area contributed by atoms with Gasteiger partial charge >= 0.3 is 0 Å². The van der Waals surface area contributed by atoms with Gasteiger partial charge in [-0.05, 0) is 12.1 Å². The van der Waals surface area contributed by atoms with Crippen molar-refractivity contribution in [1.82, 2.24) is 0 Å². The molecule has 5 heteroatoms. The number of phenols is 1. The van der Waals surface area contributed by atoms with Gasteiger partial charge in [-0.15, -0.1) is 0 Å². The first-order valence-corrected chi connectivity index (χ1v) is 3.95. The van der Waals surface area contributed by atoms with Gasteiger partial charge in [0.25, 0.3) is 5.92 Å². The fourth-order valence-corrected chi connectivity index (χ4v) is 1.08. The summed E-state index contributed by atoms with van der Waals surface area (Å²) in [6.07, 6.45) is -0.839. The molecule has 14 heavy (non-hydrogen) atoms. The van der Waals surface area contributed by atoms with Gasteiger partial charge < -0.3 is 10.2 Å². The minimum atomic E-state index is -3.41. The summed E-state index contributed by atoms with van der Waals surface area (Å²) in [6.45, 7) is -0.729. The lowest BCUT2D eigenvalue weighted by Gasteiger charge is -2.15. The van der Waals surface area contributed by atoms with Crippen LogP contribution in [0.2, 0.25) is 0 Å². The monoisotopic (exact) mass is 206 g/mol. The smallest absolute Gasteiger partial charge is 0.278 e. The van der Waals surface area contributed by atoms with Gasteiger partial charge in [-0.1, -0.05) is 0 Å². The molecular weight excluding hydrogens is 197 g/mol. The summed E-state index contributed by atoms with van der Waals surface area (Å²) in [6, 6.07) is 2.39. The number of phenolic OH excluding ortho intramolecular Hbond substituents is 1. The summed E-state index contributed by atoms with van der Waals surface area (Å²) < 4.78 is 39.1. The summed E-state index contributed by atoms with van der Waals surface area (Å²) >= 11 is 0. The molecule has 0 radical (unpaired) electrons. The van der Waals surface area contributed by atoms with Gasteiger partial charge in [-0.2, -0.15) is 0 Å². The summed E-state index contributed by atoms with van der Waals surface area (Å²) in [5, 5.41) is 17.2. The molecule has 0 aliphatic heterocycles. The number of hydrogen-bond acceptors (Lipinski definition) is 2. The average molecular weight is 206 g/mol. The van der Waals surface area contributed by atoms with E-state index in [0.29, 0.717) is 6.07 Å². The number of aliphatic hydroxyl groups excluding tert-OH is 1. The summed E-state index contributed by atoms with van der Waals surface area (Å²) in [4.78, 5) is 0. The van der Waals surface area contributed by atoms with Crippen LogP contribution in [0.3, 0.4) is 0 Å². The highest BCUT2D eigenvalue weighted by atomic mass is 19.3. The van der Waals surface area contributed by atoms with Gasteiger partial charge in [0, 0.05) is 19.1 Å². The molecule has 0 atom stereocenters. The molecule has 0 saturated heterocycles. The van der Waals surface area contributed by atoms with Crippen molar-refractivity contribution in [3.05, 3.63) is 29.6 Å². The Kier molecular flexibility index (Phi) is 3.00. The van der Waals surface area contributed by atoms with Gasteiger partial charge in [-0.3, -0.25) is 0 Å². The van der Waals surface area contributed by atoms with E-state index in [9.17, 15) is 13.2 Å². The minimum absolute atomic E-state index is 0.411. The normalized spacial score (nSPS) is 11.7. The average Bonchev–Trinajstić information content (AvgIpc) is 2.02. The van der Waals surface area contributed by atoms with Crippen molar-refractivity contribution in [3.63, 3.8) is 0 Å². The van der Waals surface area contributed by atoms with E-state index in [1.807, 2.05) is 0 Å². The van der Waals surface area contributed by atoms with E-state index in [4.69, 9.17) is 10.2 Å². The van der Waals surface area contributed by atoms with Crippen LogP contribution in [-0.2, 0) is 5.92 Å². The van der Waals surface area contributed by atoms with Crippen LogP contribution in [0.5, 0.6) is 5.75 Å². The molecule has 2 nitrogen and oxygen atoms in total. The summed E-state index contributed by atoms with van der Waals surface area (Å²) in [7, 11) is 0. The molecule has 0 aliphatic rings. The lowest BCUT2D eigenvalue weighted by molar-refractivity contribution is -0.0300. The van der Waals surface area contributed by atoms with Gasteiger partial charge in [0.2, 0.25) is 0 Å². The maximum atomic E-state index is 13.1. The maximum absolute atomic E-state index is 13.1. The number of hydrogen-bond donors (Lipinski definition) is 2. The molecule has 0 bridgehead atoms. The molecule has 0 heterocycles. The molecule has 0 fully saturated rings. The van der Waals surface area contributed by atoms with E-state index in [2.05, 4.69) is 0 Å². The third-order valence-corrected chi connectivity index (χ3v) is 1.77. The molecule has 1 rings (SSSR count). The second-order valence-corrected chi connectivity index (χ2v) is 2.84. The van der Waals surface area contributed by atoms with E-state index in [-0.39, 0.29) is 0 Å². The zero-order valence-corrected chi connectivity index (χ0v) is 7.17. The van der Waals surface area contributed by atoms with E-state index in [0.717, 1.165) is 12.1 Å². The number of alkyl halides is 2. The van der Waals surface area contributed by atoms with Crippen LogP contribution in [-0.4, -0.2) is 16.8 Å². The van der Waals surface area contributed by atoms with Crippen LogP contribution in [0, 0.1) is 5.82 Å². The molecule has 0 aromatic heterocycles. The number of aliphatic hydroxyl groups is 1. The van der Waals surface area contributed by atoms with E-state index < -0.39 is 36.1 Å². The summed E-state index contributed by atoms with van der Waals surface area (Å²) in [5.41, 5.74) is -0.815. The maximum Gasteiger partial charge on any atom is 0.278 e. The van der Waals surface area contributed by atoms with Gasteiger partial charge in [-0.25, -0.2) is 13.2 Å². The van der Waals surface area contributed by atoms with Crippen molar-refractivity contribution in [2.75, 3.05) is 6.61 Å². The SMILES string of the molecule is OCCC(F)(F)c1ccc(O)cc1F. The first kappa shape index (κ1) is 10.8. The Morgan fingerprint density at radius 2 is 1.93 bits per heavy atom. The Morgan fingerprint density at radius 3 is 2.43 bits per heavy atom. The lowest BCUT2D eigenvalue weighted by atomic mass is 10.1. The van der Waals surface area contributed by atoms with Gasteiger partial charge in [0.1, 0.15) is 11.6 Å². The Labute approximate surface area is 78.6 Å². The van der Waals surface area contributed by atoms with E-state index >= 15 is 0 Å². The van der Waals surface area contributed by atoms with Gasteiger partial charge in [0.15, 0.2) is 0 Å². The third-order valence-electron chi connectivity index (χ3n) is 1.77. The van der Waals surface area contributed by atoms with Crippen LogP contribution in [0.1, 0.15) is 12.0 Å². The van der Waals surface area contributed by atoms with Gasteiger partial charge in [0.05, 0.1) is 5.56 Å². The number of aromatic hydroxyl groups is 1. The predicted octanol–water partition coefficient (Wildman–Crippen LogP) is 2.01. The van der Waals surface area contributed by atoms with Crippen molar-refractivity contribution >= 4 is 0 Å². The molecule has 0 unspecified atom stereocenters. The quantitative estimate of drug-likeness (QED) is 0.794. The highest BCUT2D eigenvalue weighted by molar-refractivity contribution is 5.30. The van der Waals surface area contributed by atoms with Crippen LogP contribution >= 0.6 is 0 Å². The zero-order valence-electron chi connectivity index (χ0n) is 7.17. The Balaban J connectivity index is 3.06. The molecule has 78 valence electrons. The van der Waals surface area contributed by atoms with Crippen LogP contribution in [0.15, 0.2) is 18.2 Å². The van der Waals surface area contributed by atoms with Crippen molar-refractivity contribution in [1.29, 1.82) is 0 Å². The zero-order chi connectivity index (χ0) is 10.8. The fourth-order valence-electron chi connectivity index (χ4n) is 1.08. The van der Waals surface area contributed by atoms with Crippen LogP contribution in [0.4, 0.5) is 13.2 Å². The summed E-state index contributed by atoms with van der Waals surface area (Å²) in [5.74, 6) is -5.00. The molecular formula is C9H9F3O2. The fraction of sp³-hybridized carbons (Fsp3) is 0.333. The molecule has 2 N–H and O–H groups in total.